The van der Waals surface area contributed by atoms with Crippen molar-refractivity contribution in [3.63, 3.8) is 0 Å². The third-order valence-corrected chi connectivity index (χ3v) is 3.96. The van der Waals surface area contributed by atoms with Crippen molar-refractivity contribution in [3.05, 3.63) is 47.0 Å². The molecule has 2 aromatic rings. The van der Waals surface area contributed by atoms with Gasteiger partial charge in [0.1, 0.15) is 5.82 Å². The molecule has 0 aromatic carbocycles. The summed E-state index contributed by atoms with van der Waals surface area (Å²) in [5.41, 5.74) is 0.965. The zero-order chi connectivity index (χ0) is 18.0. The fourth-order valence-corrected chi connectivity index (χ4v) is 2.77. The second-order valence-corrected chi connectivity index (χ2v) is 5.81. The van der Waals surface area contributed by atoms with Gasteiger partial charge in [-0.25, -0.2) is 13.8 Å². The van der Waals surface area contributed by atoms with Crippen LogP contribution in [0.2, 0.25) is 0 Å². The fourth-order valence-electron chi connectivity index (χ4n) is 2.77. The zero-order valence-electron chi connectivity index (χ0n) is 13.3. The molecule has 0 bridgehead atoms. The number of carboxylic acids is 1. The molecule has 7 nitrogen and oxygen atoms in total. The molecule has 0 atom stereocenters. The van der Waals surface area contributed by atoms with E-state index in [4.69, 9.17) is 5.11 Å². The third-order valence-electron chi connectivity index (χ3n) is 3.96. The summed E-state index contributed by atoms with van der Waals surface area (Å²) >= 11 is 0. The van der Waals surface area contributed by atoms with Crippen LogP contribution in [-0.2, 0) is 24.3 Å². The van der Waals surface area contributed by atoms with E-state index in [-0.39, 0.29) is 13.0 Å². The Labute approximate surface area is 141 Å². The number of carbonyl (C=O) groups is 2. The van der Waals surface area contributed by atoms with Crippen molar-refractivity contribution in [1.82, 2.24) is 19.7 Å². The molecule has 25 heavy (non-hydrogen) atoms. The van der Waals surface area contributed by atoms with E-state index in [1.165, 1.54) is 4.90 Å². The standard InChI is InChI=1S/C16H16F2N4O3/c17-10-6-13(18)15(19-8-10)16(25)21-4-1-5-22-12(9-21)7-11(20-22)2-3-14(23)24/h6-8H,1-5,9H2,(H,23,24). The highest BCUT2D eigenvalue weighted by atomic mass is 19.1. The number of carboxylic acid groups (broad SMARTS) is 1. The molecule has 0 radical (unpaired) electrons. The van der Waals surface area contributed by atoms with Crippen LogP contribution >= 0.6 is 0 Å². The van der Waals surface area contributed by atoms with Crippen LogP contribution in [0.1, 0.15) is 34.7 Å². The molecule has 1 aliphatic rings. The molecule has 1 aliphatic heterocycles. The van der Waals surface area contributed by atoms with Gasteiger partial charge in [0.05, 0.1) is 30.6 Å². The Morgan fingerprint density at radius 3 is 2.76 bits per heavy atom. The number of nitrogens with zero attached hydrogens (tertiary/aromatic N) is 4. The average molecular weight is 350 g/mol. The Morgan fingerprint density at radius 2 is 2.04 bits per heavy atom. The number of rotatable bonds is 4. The van der Waals surface area contributed by atoms with Gasteiger partial charge in [0.25, 0.3) is 5.91 Å². The summed E-state index contributed by atoms with van der Waals surface area (Å²) < 4.78 is 28.5. The zero-order valence-corrected chi connectivity index (χ0v) is 13.3. The second-order valence-electron chi connectivity index (χ2n) is 5.81. The Balaban J connectivity index is 1.78. The van der Waals surface area contributed by atoms with Crippen LogP contribution in [0.25, 0.3) is 0 Å². The lowest BCUT2D eigenvalue weighted by molar-refractivity contribution is -0.136. The summed E-state index contributed by atoms with van der Waals surface area (Å²) in [7, 11) is 0. The normalized spacial score (nSPS) is 14.1. The Bertz CT molecular complexity index is 822. The van der Waals surface area contributed by atoms with E-state index in [9.17, 15) is 18.4 Å². The topological polar surface area (TPSA) is 88.3 Å². The van der Waals surface area contributed by atoms with Crippen LogP contribution in [0.15, 0.2) is 18.3 Å². The SMILES string of the molecule is O=C(O)CCc1cc2n(n1)CCCN(C(=O)c1ncc(F)cc1F)C2. The smallest absolute Gasteiger partial charge is 0.303 e. The van der Waals surface area contributed by atoms with Gasteiger partial charge in [-0.3, -0.25) is 14.3 Å². The van der Waals surface area contributed by atoms with Gasteiger partial charge in [-0.15, -0.1) is 0 Å². The number of fused-ring (bicyclic) bond motifs is 1. The molecule has 0 spiro atoms. The van der Waals surface area contributed by atoms with Gasteiger partial charge < -0.3 is 10.0 Å². The molecule has 2 aromatic heterocycles. The van der Waals surface area contributed by atoms with Gasteiger partial charge >= 0.3 is 5.97 Å². The maximum Gasteiger partial charge on any atom is 0.303 e. The van der Waals surface area contributed by atoms with Crippen molar-refractivity contribution in [2.24, 2.45) is 0 Å². The van der Waals surface area contributed by atoms with E-state index in [1.54, 1.807) is 10.7 Å². The van der Waals surface area contributed by atoms with Crippen LogP contribution in [0.5, 0.6) is 0 Å². The predicted octanol–water partition coefficient (Wildman–Crippen LogP) is 1.62. The molecule has 1 amide bonds. The Hall–Kier alpha value is -2.84. The molecule has 0 saturated carbocycles. The molecular weight excluding hydrogens is 334 g/mol. The Kier molecular flexibility index (Phi) is 4.73. The maximum absolute atomic E-state index is 13.8. The second kappa shape index (κ2) is 6.96. The average Bonchev–Trinajstić information content (AvgIpc) is 2.83. The van der Waals surface area contributed by atoms with Crippen LogP contribution in [-0.4, -0.2) is 43.2 Å². The van der Waals surface area contributed by atoms with Crippen LogP contribution in [0, 0.1) is 11.6 Å². The number of aryl methyl sites for hydroxylation is 2. The van der Waals surface area contributed by atoms with E-state index in [0.717, 1.165) is 11.9 Å². The molecular formula is C16H16F2N4O3. The van der Waals surface area contributed by atoms with Crippen molar-refractivity contribution in [3.8, 4) is 0 Å². The van der Waals surface area contributed by atoms with Crippen molar-refractivity contribution >= 4 is 11.9 Å². The molecule has 1 N–H and O–H groups in total. The third kappa shape index (κ3) is 3.81. The molecule has 132 valence electrons. The summed E-state index contributed by atoms with van der Waals surface area (Å²) in [4.78, 5) is 28.2. The van der Waals surface area contributed by atoms with Crippen molar-refractivity contribution in [2.45, 2.75) is 32.4 Å². The van der Waals surface area contributed by atoms with Gasteiger partial charge in [-0.2, -0.15) is 5.10 Å². The van der Waals surface area contributed by atoms with Gasteiger partial charge in [-0.05, 0) is 12.5 Å². The monoisotopic (exact) mass is 350 g/mol. The van der Waals surface area contributed by atoms with E-state index < -0.39 is 29.2 Å². The van der Waals surface area contributed by atoms with Gasteiger partial charge in [0.15, 0.2) is 11.5 Å². The first-order valence-electron chi connectivity index (χ1n) is 7.82. The number of carbonyl (C=O) groups excluding carboxylic acids is 1. The van der Waals surface area contributed by atoms with Crippen LogP contribution in [0.4, 0.5) is 8.78 Å². The Morgan fingerprint density at radius 1 is 1.24 bits per heavy atom. The minimum Gasteiger partial charge on any atom is -0.481 e. The number of hydrogen-bond donors (Lipinski definition) is 1. The van der Waals surface area contributed by atoms with E-state index in [2.05, 4.69) is 10.1 Å². The summed E-state index contributed by atoms with van der Waals surface area (Å²) in [5, 5.41) is 13.1. The minimum atomic E-state index is -0.995. The number of halogens is 2. The van der Waals surface area contributed by atoms with E-state index in [0.29, 0.717) is 37.7 Å². The fraction of sp³-hybridized carbons (Fsp3) is 0.375. The van der Waals surface area contributed by atoms with Crippen LogP contribution in [0.3, 0.4) is 0 Å². The highest BCUT2D eigenvalue weighted by Gasteiger charge is 2.25. The quantitative estimate of drug-likeness (QED) is 0.905. The van der Waals surface area contributed by atoms with Gasteiger partial charge in [0.2, 0.25) is 0 Å². The molecule has 9 heteroatoms. The summed E-state index contributed by atoms with van der Waals surface area (Å²) in [5.74, 6) is -3.35. The van der Waals surface area contributed by atoms with Crippen LogP contribution < -0.4 is 0 Å². The summed E-state index contributed by atoms with van der Waals surface area (Å²) in [6, 6.07) is 2.38. The first-order chi connectivity index (χ1) is 11.9. The molecule has 0 fully saturated rings. The van der Waals surface area contributed by atoms with Crippen molar-refractivity contribution < 1.29 is 23.5 Å². The molecule has 0 aliphatic carbocycles. The largest absolute Gasteiger partial charge is 0.481 e. The molecule has 3 heterocycles. The molecule has 0 unspecified atom stereocenters. The number of aliphatic carboxylic acids is 1. The summed E-state index contributed by atoms with van der Waals surface area (Å²) in [6.45, 7) is 1.17. The number of hydrogen-bond acceptors (Lipinski definition) is 4. The number of amides is 1. The lowest BCUT2D eigenvalue weighted by Crippen LogP contribution is -2.32. The van der Waals surface area contributed by atoms with E-state index in [1.807, 2.05) is 0 Å². The maximum atomic E-state index is 13.8. The lowest BCUT2D eigenvalue weighted by atomic mass is 10.2. The predicted molar refractivity (Wildman–Crippen MR) is 81.7 cm³/mol. The number of pyridine rings is 1. The summed E-state index contributed by atoms with van der Waals surface area (Å²) in [6.07, 6.45) is 1.70. The van der Waals surface area contributed by atoms with Gasteiger partial charge in [-0.1, -0.05) is 0 Å². The van der Waals surface area contributed by atoms with Crippen molar-refractivity contribution in [1.29, 1.82) is 0 Å². The lowest BCUT2D eigenvalue weighted by Gasteiger charge is -2.19. The van der Waals surface area contributed by atoms with E-state index >= 15 is 0 Å². The van der Waals surface area contributed by atoms with Crippen molar-refractivity contribution in [2.75, 3.05) is 6.54 Å². The first kappa shape index (κ1) is 17.0. The molecule has 0 saturated heterocycles. The highest BCUT2D eigenvalue weighted by Crippen LogP contribution is 2.18. The van der Waals surface area contributed by atoms with Gasteiger partial charge in [0, 0.05) is 25.6 Å². The number of aromatic nitrogens is 3. The highest BCUT2D eigenvalue weighted by molar-refractivity contribution is 5.92. The minimum absolute atomic E-state index is 0.0240. The molecule has 3 rings (SSSR count). The first-order valence-corrected chi connectivity index (χ1v) is 7.82.